The molecule has 0 aromatic heterocycles. The number of benzene rings is 1. The number of hydrogen-bond acceptors (Lipinski definition) is 3. The SMILES string of the molecule is COc1cc(C(=O)N[C@@H]2CCC(F)(F)C2)ccc1N. The first-order chi connectivity index (χ1) is 8.91. The summed E-state index contributed by atoms with van der Waals surface area (Å²) in [4.78, 5) is 11.9. The molecule has 104 valence electrons. The van der Waals surface area contributed by atoms with Gasteiger partial charge in [0.15, 0.2) is 0 Å². The predicted octanol–water partition coefficient (Wildman–Crippen LogP) is 2.20. The average Bonchev–Trinajstić information content (AvgIpc) is 2.69. The van der Waals surface area contributed by atoms with Gasteiger partial charge in [0.2, 0.25) is 5.92 Å². The van der Waals surface area contributed by atoms with E-state index in [4.69, 9.17) is 10.5 Å². The molecule has 0 spiro atoms. The molecule has 0 heterocycles. The largest absolute Gasteiger partial charge is 0.495 e. The molecule has 0 aliphatic heterocycles. The quantitative estimate of drug-likeness (QED) is 0.827. The summed E-state index contributed by atoms with van der Waals surface area (Å²) in [7, 11) is 1.45. The highest BCUT2D eigenvalue weighted by atomic mass is 19.3. The van der Waals surface area contributed by atoms with Crippen LogP contribution in [0, 0.1) is 0 Å². The number of nitrogen functional groups attached to an aromatic ring is 1. The summed E-state index contributed by atoms with van der Waals surface area (Å²) in [5, 5.41) is 2.61. The second-order valence-corrected chi connectivity index (χ2v) is 4.73. The van der Waals surface area contributed by atoms with Gasteiger partial charge in [0.05, 0.1) is 12.8 Å². The zero-order chi connectivity index (χ0) is 14.0. The minimum absolute atomic E-state index is 0.178. The van der Waals surface area contributed by atoms with Gasteiger partial charge in [-0.05, 0) is 24.6 Å². The van der Waals surface area contributed by atoms with E-state index in [1.54, 1.807) is 12.1 Å². The molecule has 1 aliphatic rings. The molecule has 1 aromatic carbocycles. The van der Waals surface area contributed by atoms with Crippen LogP contribution in [0.2, 0.25) is 0 Å². The molecule has 1 saturated carbocycles. The Morgan fingerprint density at radius 2 is 2.26 bits per heavy atom. The highest BCUT2D eigenvalue weighted by molar-refractivity contribution is 5.95. The fourth-order valence-corrected chi connectivity index (χ4v) is 2.19. The second-order valence-electron chi connectivity index (χ2n) is 4.73. The molecule has 0 saturated heterocycles. The first kappa shape index (κ1) is 13.6. The number of ether oxygens (including phenoxy) is 1. The number of alkyl halides is 2. The maximum Gasteiger partial charge on any atom is 0.251 e. The lowest BCUT2D eigenvalue weighted by Gasteiger charge is -2.13. The van der Waals surface area contributed by atoms with E-state index in [1.807, 2.05) is 0 Å². The monoisotopic (exact) mass is 270 g/mol. The summed E-state index contributed by atoms with van der Waals surface area (Å²) in [5.41, 5.74) is 6.41. The van der Waals surface area contributed by atoms with Gasteiger partial charge in [0, 0.05) is 24.4 Å². The van der Waals surface area contributed by atoms with Crippen molar-refractivity contribution in [3.05, 3.63) is 23.8 Å². The van der Waals surface area contributed by atoms with Crippen molar-refractivity contribution in [3.8, 4) is 5.75 Å². The second kappa shape index (κ2) is 5.03. The van der Waals surface area contributed by atoms with E-state index >= 15 is 0 Å². The minimum atomic E-state index is -2.67. The van der Waals surface area contributed by atoms with E-state index in [1.165, 1.54) is 13.2 Å². The number of carbonyl (C=O) groups is 1. The standard InChI is InChI=1S/C13H16F2N2O2/c1-19-11-6-8(2-3-10(11)16)12(18)17-9-4-5-13(14,15)7-9/h2-3,6,9H,4-5,7,16H2,1H3,(H,17,18)/t9-/m1/s1. The molecule has 2 rings (SSSR count). The summed E-state index contributed by atoms with van der Waals surface area (Å²) >= 11 is 0. The lowest BCUT2D eigenvalue weighted by molar-refractivity contribution is 0.00711. The van der Waals surface area contributed by atoms with Gasteiger partial charge in [0.25, 0.3) is 5.91 Å². The Morgan fingerprint density at radius 3 is 2.84 bits per heavy atom. The fourth-order valence-electron chi connectivity index (χ4n) is 2.19. The average molecular weight is 270 g/mol. The molecule has 4 nitrogen and oxygen atoms in total. The van der Waals surface area contributed by atoms with Crippen molar-refractivity contribution in [1.29, 1.82) is 0 Å². The van der Waals surface area contributed by atoms with Crippen LogP contribution in [0.5, 0.6) is 5.75 Å². The molecule has 1 fully saturated rings. The molecule has 0 bridgehead atoms. The molecular weight excluding hydrogens is 254 g/mol. The van der Waals surface area contributed by atoms with Gasteiger partial charge >= 0.3 is 0 Å². The lowest BCUT2D eigenvalue weighted by Crippen LogP contribution is -2.33. The molecule has 3 N–H and O–H groups in total. The Morgan fingerprint density at radius 1 is 1.53 bits per heavy atom. The number of amides is 1. The number of anilines is 1. The maximum atomic E-state index is 13.0. The lowest BCUT2D eigenvalue weighted by atomic mass is 10.1. The van der Waals surface area contributed by atoms with Crippen LogP contribution in [0.4, 0.5) is 14.5 Å². The van der Waals surface area contributed by atoms with Crippen LogP contribution in [0.15, 0.2) is 18.2 Å². The Labute approximate surface area is 109 Å². The minimum Gasteiger partial charge on any atom is -0.495 e. The Balaban J connectivity index is 2.04. The maximum absolute atomic E-state index is 13.0. The summed E-state index contributed by atoms with van der Waals surface area (Å²) < 4.78 is 31.1. The molecule has 1 amide bonds. The van der Waals surface area contributed by atoms with Crippen molar-refractivity contribution >= 4 is 11.6 Å². The van der Waals surface area contributed by atoms with Gasteiger partial charge in [0.1, 0.15) is 5.75 Å². The zero-order valence-corrected chi connectivity index (χ0v) is 10.6. The van der Waals surface area contributed by atoms with E-state index in [9.17, 15) is 13.6 Å². The van der Waals surface area contributed by atoms with Crippen molar-refractivity contribution in [2.24, 2.45) is 0 Å². The number of carbonyl (C=O) groups excluding carboxylic acids is 1. The summed E-state index contributed by atoms with van der Waals surface area (Å²) in [6.07, 6.45) is -0.182. The smallest absolute Gasteiger partial charge is 0.251 e. The molecule has 6 heteroatoms. The predicted molar refractivity (Wildman–Crippen MR) is 67.5 cm³/mol. The third kappa shape index (κ3) is 3.13. The Hall–Kier alpha value is -1.85. The van der Waals surface area contributed by atoms with E-state index in [-0.39, 0.29) is 18.7 Å². The van der Waals surface area contributed by atoms with Crippen molar-refractivity contribution in [2.45, 2.75) is 31.2 Å². The molecule has 1 aromatic rings. The number of methoxy groups -OCH3 is 1. The Kier molecular flexibility index (Phi) is 3.59. The van der Waals surface area contributed by atoms with Gasteiger partial charge in [-0.3, -0.25) is 4.79 Å². The van der Waals surface area contributed by atoms with E-state index in [0.29, 0.717) is 23.4 Å². The highest BCUT2D eigenvalue weighted by Gasteiger charge is 2.40. The van der Waals surface area contributed by atoms with Crippen LogP contribution >= 0.6 is 0 Å². The third-order valence-corrected chi connectivity index (χ3v) is 3.23. The van der Waals surface area contributed by atoms with E-state index in [0.717, 1.165) is 0 Å². The molecular formula is C13H16F2N2O2. The highest BCUT2D eigenvalue weighted by Crippen LogP contribution is 2.35. The van der Waals surface area contributed by atoms with E-state index in [2.05, 4.69) is 5.32 Å². The van der Waals surface area contributed by atoms with Crippen molar-refractivity contribution in [3.63, 3.8) is 0 Å². The number of nitrogens with one attached hydrogen (secondary N) is 1. The third-order valence-electron chi connectivity index (χ3n) is 3.23. The van der Waals surface area contributed by atoms with Gasteiger partial charge < -0.3 is 15.8 Å². The normalized spacial score (nSPS) is 21.1. The first-order valence-corrected chi connectivity index (χ1v) is 6.03. The van der Waals surface area contributed by atoms with Crippen molar-refractivity contribution in [1.82, 2.24) is 5.32 Å². The van der Waals surface area contributed by atoms with Crippen LogP contribution in [0.1, 0.15) is 29.6 Å². The van der Waals surface area contributed by atoms with Crippen LogP contribution in [-0.2, 0) is 0 Å². The number of halogens is 2. The van der Waals surface area contributed by atoms with Crippen molar-refractivity contribution in [2.75, 3.05) is 12.8 Å². The summed E-state index contributed by atoms with van der Waals surface area (Å²) in [6.45, 7) is 0. The molecule has 0 unspecified atom stereocenters. The summed E-state index contributed by atoms with van der Waals surface area (Å²) in [5.74, 6) is -2.66. The molecule has 19 heavy (non-hydrogen) atoms. The number of hydrogen-bond donors (Lipinski definition) is 2. The van der Waals surface area contributed by atoms with Crippen LogP contribution < -0.4 is 15.8 Å². The van der Waals surface area contributed by atoms with Crippen LogP contribution in [0.25, 0.3) is 0 Å². The summed E-state index contributed by atoms with van der Waals surface area (Å²) in [6, 6.07) is 4.11. The molecule has 1 aliphatic carbocycles. The van der Waals surface area contributed by atoms with Gasteiger partial charge in [-0.25, -0.2) is 8.78 Å². The number of rotatable bonds is 3. The molecule has 0 radical (unpaired) electrons. The van der Waals surface area contributed by atoms with Crippen LogP contribution in [-0.4, -0.2) is 25.0 Å². The van der Waals surface area contributed by atoms with Gasteiger partial charge in [-0.15, -0.1) is 0 Å². The molecule has 1 atom stereocenters. The van der Waals surface area contributed by atoms with Gasteiger partial charge in [-0.1, -0.05) is 0 Å². The fraction of sp³-hybridized carbons (Fsp3) is 0.462. The van der Waals surface area contributed by atoms with Gasteiger partial charge in [-0.2, -0.15) is 0 Å². The first-order valence-electron chi connectivity index (χ1n) is 6.03. The zero-order valence-electron chi connectivity index (χ0n) is 10.6. The van der Waals surface area contributed by atoms with E-state index < -0.39 is 12.0 Å². The topological polar surface area (TPSA) is 64.3 Å². The van der Waals surface area contributed by atoms with Crippen molar-refractivity contribution < 1.29 is 18.3 Å². The number of nitrogens with two attached hydrogens (primary N) is 1. The Bertz CT molecular complexity index is 492. The van der Waals surface area contributed by atoms with Crippen LogP contribution in [0.3, 0.4) is 0 Å².